The van der Waals surface area contributed by atoms with E-state index in [-0.39, 0.29) is 11.4 Å². The molecule has 1 aromatic heterocycles. The minimum Gasteiger partial charge on any atom is -0.868 e. The molecule has 0 spiro atoms. The Labute approximate surface area is 185 Å². The van der Waals surface area contributed by atoms with E-state index in [2.05, 4.69) is 0 Å². The number of hydrogen-bond donors (Lipinski definition) is 0. The average Bonchev–Trinajstić information content (AvgIpc) is 3.41. The van der Waals surface area contributed by atoms with Gasteiger partial charge in [-0.3, -0.25) is 14.5 Å². The van der Waals surface area contributed by atoms with Gasteiger partial charge in [0.1, 0.15) is 5.75 Å². The molecule has 2 aromatic carbocycles. The van der Waals surface area contributed by atoms with Crippen LogP contribution in [0.15, 0.2) is 76.7 Å². The molecule has 1 aliphatic rings. The van der Waals surface area contributed by atoms with Crippen LogP contribution in [-0.2, 0) is 9.59 Å². The van der Waals surface area contributed by atoms with Crippen molar-refractivity contribution in [3.63, 3.8) is 0 Å². The lowest BCUT2D eigenvalue weighted by molar-refractivity contribution is -0.298. The summed E-state index contributed by atoms with van der Waals surface area (Å²) in [7, 11) is 1.53. The summed E-state index contributed by atoms with van der Waals surface area (Å²) in [6.45, 7) is 3.45. The Kier molecular flexibility index (Phi) is 5.65. The molecule has 0 fully saturated rings. The van der Waals surface area contributed by atoms with E-state index in [0.717, 1.165) is 11.1 Å². The largest absolute Gasteiger partial charge is 0.868 e. The molecule has 1 aliphatic heterocycles. The molecule has 1 atom stereocenters. The lowest BCUT2D eigenvalue weighted by atomic mass is 9.90. The molecule has 31 heavy (non-hydrogen) atoms. The number of thiophene rings is 1. The number of ketones is 1. The third-order valence-electron chi connectivity index (χ3n) is 5.41. The van der Waals surface area contributed by atoms with Crippen molar-refractivity contribution in [1.29, 1.82) is 0 Å². The maximum Gasteiger partial charge on any atom is 0.244 e. The summed E-state index contributed by atoms with van der Waals surface area (Å²) in [6.07, 6.45) is 0. The van der Waals surface area contributed by atoms with Crippen molar-refractivity contribution in [2.45, 2.75) is 19.9 Å². The smallest absolute Gasteiger partial charge is 0.244 e. The second kappa shape index (κ2) is 8.40. The molecule has 0 bridgehead atoms. The van der Waals surface area contributed by atoms with Crippen molar-refractivity contribution >= 4 is 28.7 Å². The van der Waals surface area contributed by atoms with E-state index < -0.39 is 23.6 Å². The molecule has 0 unspecified atom stereocenters. The standard InChI is InChI=1S/C25H23NO4S/c1-15(2)23(27)21-22(19-6-4-5-7-20(19)30-3)26(25(29)24(21)28)18-10-8-16(9-11-18)17-12-13-31-14-17/h4-15,22,28H,1-3H3/p-1/t22-/m1/s1. The number of anilines is 1. The van der Waals surface area contributed by atoms with Crippen molar-refractivity contribution in [3.8, 4) is 16.9 Å². The molecule has 3 aromatic rings. The van der Waals surface area contributed by atoms with Crippen molar-refractivity contribution in [1.82, 2.24) is 0 Å². The summed E-state index contributed by atoms with van der Waals surface area (Å²) in [5.74, 6) is -1.68. The fraction of sp³-hybridized carbons (Fsp3) is 0.200. The molecular weight excluding hydrogens is 410 g/mol. The van der Waals surface area contributed by atoms with Crippen LogP contribution in [0.1, 0.15) is 25.5 Å². The number of nitrogens with zero attached hydrogens (tertiary/aromatic N) is 1. The van der Waals surface area contributed by atoms with E-state index in [0.29, 0.717) is 17.0 Å². The first-order valence-corrected chi connectivity index (χ1v) is 10.9. The Hall–Kier alpha value is -3.38. The molecule has 2 heterocycles. The van der Waals surface area contributed by atoms with E-state index >= 15 is 0 Å². The summed E-state index contributed by atoms with van der Waals surface area (Å²) in [5, 5.41) is 17.0. The molecule has 0 saturated carbocycles. The van der Waals surface area contributed by atoms with Crippen molar-refractivity contribution in [3.05, 3.63) is 82.3 Å². The second-order valence-electron chi connectivity index (χ2n) is 7.64. The van der Waals surface area contributed by atoms with Gasteiger partial charge in [-0.15, -0.1) is 0 Å². The fourth-order valence-electron chi connectivity index (χ4n) is 3.85. The Balaban J connectivity index is 1.84. The van der Waals surface area contributed by atoms with Crippen LogP contribution < -0.4 is 14.7 Å². The minimum atomic E-state index is -0.835. The van der Waals surface area contributed by atoms with Crippen LogP contribution in [0.4, 0.5) is 5.69 Å². The van der Waals surface area contributed by atoms with Crippen molar-refractivity contribution < 1.29 is 19.4 Å². The van der Waals surface area contributed by atoms with Gasteiger partial charge in [-0.25, -0.2) is 0 Å². The minimum absolute atomic E-state index is 0.00795. The van der Waals surface area contributed by atoms with E-state index in [4.69, 9.17) is 4.74 Å². The molecule has 158 valence electrons. The van der Waals surface area contributed by atoms with E-state index in [1.165, 1.54) is 12.0 Å². The van der Waals surface area contributed by atoms with E-state index in [1.54, 1.807) is 43.4 Å². The predicted molar refractivity (Wildman–Crippen MR) is 120 cm³/mol. The molecule has 0 N–H and O–H groups in total. The molecule has 5 nitrogen and oxygen atoms in total. The SMILES string of the molecule is COc1ccccc1[C@@H]1C(C(=O)C(C)C)=C([O-])C(=O)N1c1ccc(-c2ccsc2)cc1. The summed E-state index contributed by atoms with van der Waals surface area (Å²) < 4.78 is 5.50. The molecule has 6 heteroatoms. The Morgan fingerprint density at radius 2 is 1.77 bits per heavy atom. The molecule has 4 rings (SSSR count). The van der Waals surface area contributed by atoms with Crippen LogP contribution in [0.5, 0.6) is 5.75 Å². The number of ether oxygens (including phenoxy) is 1. The monoisotopic (exact) mass is 432 g/mol. The quantitative estimate of drug-likeness (QED) is 0.581. The number of benzene rings is 2. The number of amides is 1. The number of carbonyl (C=O) groups excluding carboxylic acids is 2. The first-order chi connectivity index (χ1) is 14.9. The van der Waals surface area contributed by atoms with Gasteiger partial charge in [-0.05, 0) is 51.9 Å². The Morgan fingerprint density at radius 1 is 1.06 bits per heavy atom. The zero-order chi connectivity index (χ0) is 22.1. The van der Waals surface area contributed by atoms with Gasteiger partial charge in [0.15, 0.2) is 5.78 Å². The fourth-order valence-corrected chi connectivity index (χ4v) is 4.51. The Morgan fingerprint density at radius 3 is 2.39 bits per heavy atom. The van der Waals surface area contributed by atoms with Crippen LogP contribution in [-0.4, -0.2) is 18.8 Å². The lowest BCUT2D eigenvalue weighted by Crippen LogP contribution is -2.32. The molecule has 1 amide bonds. The third-order valence-corrected chi connectivity index (χ3v) is 6.10. The van der Waals surface area contributed by atoms with Gasteiger partial charge in [0.25, 0.3) is 0 Å². The van der Waals surface area contributed by atoms with Crippen molar-refractivity contribution in [2.24, 2.45) is 5.92 Å². The summed E-state index contributed by atoms with van der Waals surface area (Å²) in [4.78, 5) is 27.5. The number of Topliss-reactive ketones (excluding diaryl/α,β-unsaturated/α-hetero) is 1. The first kappa shape index (κ1) is 20.9. The number of hydrogen-bond acceptors (Lipinski definition) is 5. The van der Waals surface area contributed by atoms with Crippen LogP contribution in [0, 0.1) is 5.92 Å². The van der Waals surface area contributed by atoms with Gasteiger partial charge >= 0.3 is 0 Å². The van der Waals surface area contributed by atoms with Gasteiger partial charge in [-0.1, -0.05) is 44.2 Å². The third kappa shape index (κ3) is 3.64. The molecular formula is C25H22NO4S-. The first-order valence-electron chi connectivity index (χ1n) is 9.98. The number of carbonyl (C=O) groups is 2. The van der Waals surface area contributed by atoms with Gasteiger partial charge in [0.2, 0.25) is 5.91 Å². The lowest BCUT2D eigenvalue weighted by Gasteiger charge is -2.29. The topological polar surface area (TPSA) is 69.7 Å². The molecule has 0 radical (unpaired) electrons. The van der Waals surface area contributed by atoms with Crippen LogP contribution in [0.2, 0.25) is 0 Å². The van der Waals surface area contributed by atoms with Crippen molar-refractivity contribution in [2.75, 3.05) is 12.0 Å². The highest BCUT2D eigenvalue weighted by molar-refractivity contribution is 7.08. The summed E-state index contributed by atoms with van der Waals surface area (Å²) >= 11 is 1.61. The Bertz CT molecular complexity index is 1150. The maximum atomic E-state index is 13.1. The number of methoxy groups -OCH3 is 1. The maximum absolute atomic E-state index is 13.1. The van der Waals surface area contributed by atoms with E-state index in [9.17, 15) is 14.7 Å². The van der Waals surface area contributed by atoms with Gasteiger partial charge < -0.3 is 9.84 Å². The van der Waals surface area contributed by atoms with Crippen LogP contribution in [0.3, 0.4) is 0 Å². The molecule has 0 saturated heterocycles. The zero-order valence-corrected chi connectivity index (χ0v) is 18.3. The summed E-state index contributed by atoms with van der Waals surface area (Å²) in [5.41, 5.74) is 3.25. The van der Waals surface area contributed by atoms with Gasteiger partial charge in [0, 0.05) is 22.7 Å². The van der Waals surface area contributed by atoms with Gasteiger partial charge in [0.05, 0.1) is 13.2 Å². The summed E-state index contributed by atoms with van der Waals surface area (Å²) in [6, 6.07) is 15.8. The molecule has 0 aliphatic carbocycles. The van der Waals surface area contributed by atoms with E-state index in [1.807, 2.05) is 47.2 Å². The number of rotatable bonds is 6. The van der Waals surface area contributed by atoms with Crippen LogP contribution >= 0.6 is 11.3 Å². The van der Waals surface area contributed by atoms with Gasteiger partial charge in [-0.2, -0.15) is 11.3 Å². The highest BCUT2D eigenvalue weighted by atomic mass is 32.1. The number of para-hydroxylation sites is 1. The van der Waals surface area contributed by atoms with Crippen LogP contribution in [0.25, 0.3) is 11.1 Å². The second-order valence-corrected chi connectivity index (χ2v) is 8.42. The highest BCUT2D eigenvalue weighted by Gasteiger charge is 2.41. The predicted octanol–water partition coefficient (Wildman–Crippen LogP) is 4.35. The average molecular weight is 433 g/mol. The normalized spacial score (nSPS) is 16.3. The zero-order valence-electron chi connectivity index (χ0n) is 17.5. The highest BCUT2D eigenvalue weighted by Crippen LogP contribution is 2.44.